The van der Waals surface area contributed by atoms with Crippen LogP contribution in [0.25, 0.3) is 0 Å². The Hall–Kier alpha value is -7.79. The van der Waals surface area contributed by atoms with E-state index in [9.17, 15) is 15.3 Å². The zero-order valence-corrected chi connectivity index (χ0v) is 41.3. The van der Waals surface area contributed by atoms with E-state index in [0.717, 1.165) is 51.2 Å². The zero-order chi connectivity index (χ0) is 49.9. The summed E-state index contributed by atoms with van der Waals surface area (Å²) in [6.07, 6.45) is 12.3. The summed E-state index contributed by atoms with van der Waals surface area (Å²) in [7, 11) is 0. The van der Waals surface area contributed by atoms with Crippen LogP contribution in [0.2, 0.25) is 5.02 Å². The van der Waals surface area contributed by atoms with Gasteiger partial charge in [0.1, 0.15) is 23.9 Å². The highest BCUT2D eigenvalue weighted by Gasteiger charge is 2.39. The van der Waals surface area contributed by atoms with Gasteiger partial charge in [-0.25, -0.2) is 19.4 Å². The first kappa shape index (κ1) is 50.1. The maximum absolute atomic E-state index is 11.2. The maximum Gasteiger partial charge on any atom is 0.347 e. The molecule has 10 nitrogen and oxygen atoms in total. The van der Waals surface area contributed by atoms with Crippen LogP contribution in [-0.2, 0) is 34.1 Å². The van der Waals surface area contributed by atoms with Gasteiger partial charge in [0.25, 0.3) is 0 Å². The molecule has 0 saturated heterocycles. The Morgan fingerprint density at radius 3 is 1.86 bits per heavy atom. The number of aromatic nitrogens is 5. The summed E-state index contributed by atoms with van der Waals surface area (Å²) in [5.74, 6) is 0.0366. The number of hydrogen-bond acceptors (Lipinski definition) is 7. The molecule has 11 heteroatoms. The van der Waals surface area contributed by atoms with Crippen LogP contribution in [0.1, 0.15) is 110 Å². The summed E-state index contributed by atoms with van der Waals surface area (Å²) < 4.78 is 9.42. The Morgan fingerprint density at radius 2 is 1.31 bits per heavy atom. The molecular weight excluding hydrogens is 890 g/mol. The Labute approximate surface area is 416 Å². The van der Waals surface area contributed by atoms with Crippen molar-refractivity contribution in [2.75, 3.05) is 0 Å². The second kappa shape index (κ2) is 21.7. The molecule has 0 spiro atoms. The largest absolute Gasteiger partial charge is 0.478 e. The van der Waals surface area contributed by atoms with Gasteiger partial charge in [0.05, 0.1) is 35.8 Å². The van der Waals surface area contributed by atoms with E-state index in [4.69, 9.17) is 21.4 Å². The van der Waals surface area contributed by atoms with Crippen LogP contribution in [0.3, 0.4) is 0 Å². The van der Waals surface area contributed by atoms with Crippen molar-refractivity contribution in [1.29, 1.82) is 10.5 Å². The Kier molecular flexibility index (Phi) is 15.5. The van der Waals surface area contributed by atoms with E-state index in [2.05, 4.69) is 123 Å². The van der Waals surface area contributed by atoms with Gasteiger partial charge in [-0.15, -0.1) is 0 Å². The third-order valence-electron chi connectivity index (χ3n) is 12.9. The normalized spacial score (nSPS) is 13.5. The molecule has 8 aromatic rings. The molecule has 0 radical (unpaired) electrons. The SMILES string of the molecule is CC(C)(C#N)c1cc(Cn2cncn2)cc(C(C)(C)C#N)c1.CC(C)(Oc1ccc(C2CCCc3ccccc32)cc1)C(=O)O.Clc1ccccc1C(c1ccccc1)(c1ccccc1)n1ccnc1. The fourth-order valence-electron chi connectivity index (χ4n) is 8.83. The smallest absolute Gasteiger partial charge is 0.347 e. The lowest BCUT2D eigenvalue weighted by atomic mass is 9.76. The van der Waals surface area contributed by atoms with Crippen LogP contribution in [0, 0.1) is 22.7 Å². The highest BCUT2D eigenvalue weighted by Crippen LogP contribution is 2.43. The lowest BCUT2D eigenvalue weighted by Crippen LogP contribution is -2.37. The molecule has 0 amide bonds. The van der Waals surface area contributed by atoms with Crippen LogP contribution in [0.15, 0.2) is 183 Å². The van der Waals surface area contributed by atoms with E-state index in [1.165, 1.54) is 29.4 Å². The van der Waals surface area contributed by atoms with Gasteiger partial charge >= 0.3 is 5.97 Å². The molecular formula is C59H58ClN7O3. The Balaban J connectivity index is 0.000000155. The molecule has 0 bridgehead atoms. The molecule has 1 N–H and O–H groups in total. The standard InChI is InChI=1S/C22H17ClN2.C20H22O3.C17H19N5/c23-21-14-8-7-13-20(21)22(25-16-15-24-17-25,18-9-3-1-4-10-18)19-11-5-2-6-12-19;1-20(2,19(21)22)23-16-12-10-15(11-13-16)18-9-5-7-14-6-3-4-8-17(14)18;1-16(2,9-18)14-5-13(8-22-12-20-11-21-22)6-15(7-14)17(3,4)10-19/h1-17H;3-4,6,8,10-13,18H,5,7,9H2,1-2H3,(H,21,22);5-7,11-12H,8H2,1-4H3. The first-order valence-electron chi connectivity index (χ1n) is 23.3. The van der Waals surface area contributed by atoms with E-state index in [1.807, 2.05) is 101 Å². The van der Waals surface area contributed by atoms with Gasteiger partial charge in [0.15, 0.2) is 5.60 Å². The number of aliphatic carboxylic acids is 1. The van der Waals surface area contributed by atoms with Crippen molar-refractivity contribution in [3.05, 3.63) is 238 Å². The van der Waals surface area contributed by atoms with Crippen molar-refractivity contribution in [3.63, 3.8) is 0 Å². The molecule has 6 aromatic carbocycles. The van der Waals surface area contributed by atoms with Crippen LogP contribution >= 0.6 is 11.6 Å². The minimum Gasteiger partial charge on any atom is -0.478 e. The first-order chi connectivity index (χ1) is 33.6. The fourth-order valence-corrected chi connectivity index (χ4v) is 9.10. The summed E-state index contributed by atoms with van der Waals surface area (Å²) in [6.45, 7) is 11.2. The average Bonchev–Trinajstić information content (AvgIpc) is 4.12. The minimum atomic E-state index is -1.22. The predicted octanol–water partition coefficient (Wildman–Crippen LogP) is 12.7. The topological polar surface area (TPSA) is 143 Å². The average molecular weight is 949 g/mol. The molecule has 9 rings (SSSR count). The van der Waals surface area contributed by atoms with Gasteiger partial charge in [-0.2, -0.15) is 15.6 Å². The Bertz CT molecular complexity index is 2980. The number of carboxylic acids is 1. The second-order valence-corrected chi connectivity index (χ2v) is 19.4. The summed E-state index contributed by atoms with van der Waals surface area (Å²) in [5, 5.41) is 32.8. The number of fused-ring (bicyclic) bond motifs is 1. The van der Waals surface area contributed by atoms with Gasteiger partial charge in [-0.1, -0.05) is 145 Å². The molecule has 0 saturated carbocycles. The van der Waals surface area contributed by atoms with Gasteiger partial charge in [-0.3, -0.25) is 0 Å². The van der Waals surface area contributed by atoms with Gasteiger partial charge < -0.3 is 14.4 Å². The number of ether oxygens (including phenoxy) is 1. The first-order valence-corrected chi connectivity index (χ1v) is 23.7. The molecule has 1 aliphatic carbocycles. The van der Waals surface area contributed by atoms with Crippen molar-refractivity contribution >= 4 is 17.6 Å². The van der Waals surface area contributed by atoms with Crippen LogP contribution in [0.5, 0.6) is 5.75 Å². The monoisotopic (exact) mass is 947 g/mol. The van der Waals surface area contributed by atoms with E-state index >= 15 is 0 Å². The van der Waals surface area contributed by atoms with Crippen LogP contribution < -0.4 is 4.74 Å². The van der Waals surface area contributed by atoms with E-state index in [1.54, 1.807) is 31.1 Å². The summed E-state index contributed by atoms with van der Waals surface area (Å²) in [4.78, 5) is 19.4. The van der Waals surface area contributed by atoms with Crippen LogP contribution in [-0.4, -0.2) is 41.0 Å². The molecule has 70 heavy (non-hydrogen) atoms. The number of nitriles is 2. The number of benzene rings is 6. The quantitative estimate of drug-likeness (QED) is 0.119. The van der Waals surface area contributed by atoms with E-state index in [0.29, 0.717) is 18.2 Å². The lowest BCUT2D eigenvalue weighted by molar-refractivity contribution is -0.152. The highest BCUT2D eigenvalue weighted by molar-refractivity contribution is 6.31. The molecule has 1 aliphatic rings. The van der Waals surface area contributed by atoms with Crippen molar-refractivity contribution in [2.24, 2.45) is 0 Å². The number of rotatable bonds is 12. The number of imidazole rings is 1. The molecule has 1 unspecified atom stereocenters. The van der Waals surface area contributed by atoms with Gasteiger partial charge in [-0.05, 0) is 124 Å². The zero-order valence-electron chi connectivity index (χ0n) is 40.5. The number of carbonyl (C=O) groups is 1. The minimum absolute atomic E-state index is 0.418. The summed E-state index contributed by atoms with van der Waals surface area (Å²) in [5.41, 5.74) is 7.19. The lowest BCUT2D eigenvalue weighted by Gasteiger charge is -2.37. The van der Waals surface area contributed by atoms with Crippen molar-refractivity contribution in [1.82, 2.24) is 24.3 Å². The van der Waals surface area contributed by atoms with Gasteiger partial charge in [0, 0.05) is 28.9 Å². The number of carboxylic acid groups (broad SMARTS) is 1. The molecule has 2 aromatic heterocycles. The Morgan fingerprint density at radius 1 is 0.729 bits per heavy atom. The number of nitrogens with zero attached hydrogens (tertiary/aromatic N) is 7. The molecule has 0 aliphatic heterocycles. The van der Waals surface area contributed by atoms with E-state index < -0.39 is 27.9 Å². The summed E-state index contributed by atoms with van der Waals surface area (Å²) >= 11 is 6.69. The fraction of sp³-hybridized carbons (Fsp3) is 0.254. The third kappa shape index (κ3) is 11.2. The maximum atomic E-state index is 11.2. The van der Waals surface area contributed by atoms with Gasteiger partial charge in [0.2, 0.25) is 0 Å². The second-order valence-electron chi connectivity index (χ2n) is 19.0. The molecule has 2 heterocycles. The number of hydrogen-bond donors (Lipinski definition) is 1. The van der Waals surface area contributed by atoms with E-state index in [-0.39, 0.29) is 0 Å². The van der Waals surface area contributed by atoms with Crippen molar-refractivity contribution in [2.45, 2.75) is 95.2 Å². The molecule has 354 valence electrons. The number of aryl methyl sites for hydroxylation is 1. The molecule has 0 fully saturated rings. The number of halogens is 1. The van der Waals surface area contributed by atoms with Crippen molar-refractivity contribution < 1.29 is 14.6 Å². The van der Waals surface area contributed by atoms with Crippen LogP contribution in [0.4, 0.5) is 0 Å². The highest BCUT2D eigenvalue weighted by atomic mass is 35.5. The summed E-state index contributed by atoms with van der Waals surface area (Å²) in [6, 6.07) is 55.9. The third-order valence-corrected chi connectivity index (χ3v) is 13.2. The molecule has 1 atom stereocenters. The predicted molar refractivity (Wildman–Crippen MR) is 275 cm³/mol. The van der Waals surface area contributed by atoms with Crippen molar-refractivity contribution in [3.8, 4) is 17.9 Å².